The molecule has 82 valence electrons. The van der Waals surface area contributed by atoms with E-state index in [9.17, 15) is 0 Å². The first-order valence-corrected chi connectivity index (χ1v) is 10.6. The molecule has 0 aromatic rings. The molecule has 0 aromatic heterocycles. The Labute approximate surface area is 97.6 Å². The summed E-state index contributed by atoms with van der Waals surface area (Å²) in [7, 11) is 0. The first-order valence-electron chi connectivity index (χ1n) is 6.39. The Bertz CT molecular complexity index is 148. The van der Waals surface area contributed by atoms with Gasteiger partial charge in [0.1, 0.15) is 0 Å². The van der Waals surface area contributed by atoms with Crippen LogP contribution in [0, 0.1) is 11.8 Å². The minimum atomic E-state index is -0.0330. The second-order valence-electron chi connectivity index (χ2n) is 6.00. The molecule has 1 saturated heterocycles. The second kappa shape index (κ2) is 5.62. The predicted molar refractivity (Wildman–Crippen MR) is 66.2 cm³/mol. The van der Waals surface area contributed by atoms with Crippen molar-refractivity contribution in [2.75, 3.05) is 26.2 Å². The van der Waals surface area contributed by atoms with Crippen molar-refractivity contribution < 1.29 is 4.48 Å². The van der Waals surface area contributed by atoms with Crippen molar-refractivity contribution in [3.05, 3.63) is 0 Å². The topological polar surface area (TPSA) is 0 Å². The van der Waals surface area contributed by atoms with Crippen LogP contribution in [0.25, 0.3) is 0 Å². The van der Waals surface area contributed by atoms with Gasteiger partial charge in [0, 0.05) is 0 Å². The fourth-order valence-electron chi connectivity index (χ4n) is 3.17. The zero-order valence-corrected chi connectivity index (χ0v) is 13.5. The van der Waals surface area contributed by atoms with E-state index in [1.165, 1.54) is 30.7 Å². The maximum atomic E-state index is 2.39. The molecule has 0 amide bonds. The third-order valence-electron chi connectivity index (χ3n) is 3.27. The van der Waals surface area contributed by atoms with E-state index in [-0.39, 0.29) is 17.4 Å². The number of nitrogens with zero attached hydrogens (tertiary/aromatic N) is 1. The van der Waals surface area contributed by atoms with Gasteiger partial charge in [0.15, 0.2) is 0 Å². The molecule has 1 nitrogen and oxygen atoms in total. The van der Waals surface area contributed by atoms with Crippen LogP contribution in [0.5, 0.6) is 0 Å². The van der Waals surface area contributed by atoms with Crippen LogP contribution in [-0.4, -0.2) is 48.1 Å². The van der Waals surface area contributed by atoms with Crippen molar-refractivity contribution in [1.29, 1.82) is 0 Å². The molecule has 1 aliphatic heterocycles. The molecule has 1 aliphatic rings. The molecule has 0 bridgehead atoms. The van der Waals surface area contributed by atoms with Crippen LogP contribution in [0.3, 0.4) is 0 Å². The fourth-order valence-corrected chi connectivity index (χ4v) is 7.67. The molecule has 0 spiro atoms. The molecule has 0 radical (unpaired) electrons. The summed E-state index contributed by atoms with van der Waals surface area (Å²) >= 11 is -0.0330. The molecule has 0 unspecified atom stereocenters. The number of hydrogen-bond acceptors (Lipinski definition) is 0. The van der Waals surface area contributed by atoms with E-state index in [1.807, 2.05) is 0 Å². The van der Waals surface area contributed by atoms with E-state index in [0.29, 0.717) is 0 Å². The third-order valence-corrected chi connectivity index (χ3v) is 6.69. The molecular formula is C12H27GaN+. The Hall–Kier alpha value is 0.596. The van der Waals surface area contributed by atoms with Crippen molar-refractivity contribution in [3.8, 4) is 0 Å². The van der Waals surface area contributed by atoms with Gasteiger partial charge in [-0.15, -0.1) is 0 Å². The first kappa shape index (κ1) is 12.7. The average molecular weight is 255 g/mol. The van der Waals surface area contributed by atoms with Crippen LogP contribution < -0.4 is 0 Å². The molecular weight excluding hydrogens is 228 g/mol. The molecule has 0 aliphatic carbocycles. The Morgan fingerprint density at radius 3 is 1.71 bits per heavy atom. The van der Waals surface area contributed by atoms with Crippen LogP contribution >= 0.6 is 0 Å². The molecule has 0 aromatic carbocycles. The minimum absolute atomic E-state index is 0.0330. The van der Waals surface area contributed by atoms with E-state index in [0.717, 1.165) is 11.8 Å². The Morgan fingerprint density at radius 2 is 1.36 bits per heavy atom. The van der Waals surface area contributed by atoms with Gasteiger partial charge < -0.3 is 0 Å². The van der Waals surface area contributed by atoms with Crippen molar-refractivity contribution in [1.82, 2.24) is 0 Å². The summed E-state index contributed by atoms with van der Waals surface area (Å²) in [4.78, 5) is 3.29. The van der Waals surface area contributed by atoms with Crippen molar-refractivity contribution in [3.63, 3.8) is 0 Å². The summed E-state index contributed by atoms with van der Waals surface area (Å²) in [5.41, 5.74) is 0. The van der Waals surface area contributed by atoms with E-state index < -0.39 is 0 Å². The number of quaternary nitrogens is 1. The van der Waals surface area contributed by atoms with Gasteiger partial charge in [-0.3, -0.25) is 0 Å². The molecule has 2 heteroatoms. The van der Waals surface area contributed by atoms with Gasteiger partial charge in [0.25, 0.3) is 0 Å². The molecule has 1 fully saturated rings. The van der Waals surface area contributed by atoms with Gasteiger partial charge in [0.05, 0.1) is 0 Å². The van der Waals surface area contributed by atoms with Gasteiger partial charge in [-0.1, -0.05) is 0 Å². The molecule has 0 saturated carbocycles. The van der Waals surface area contributed by atoms with Crippen LogP contribution in [0.1, 0.15) is 27.7 Å². The van der Waals surface area contributed by atoms with Gasteiger partial charge in [-0.25, -0.2) is 0 Å². The summed E-state index contributed by atoms with van der Waals surface area (Å²) in [5.74, 6) is 1.75. The van der Waals surface area contributed by atoms with Crippen molar-refractivity contribution >= 4 is 17.4 Å². The normalized spacial score (nSPS) is 21.3. The van der Waals surface area contributed by atoms with E-state index in [4.69, 9.17) is 0 Å². The zero-order chi connectivity index (χ0) is 10.6. The molecule has 1 rings (SSSR count). The van der Waals surface area contributed by atoms with Crippen LogP contribution in [0.15, 0.2) is 0 Å². The van der Waals surface area contributed by atoms with Gasteiger partial charge in [-0.2, -0.15) is 0 Å². The summed E-state index contributed by atoms with van der Waals surface area (Å²) in [6, 6.07) is 0. The zero-order valence-electron chi connectivity index (χ0n) is 10.6. The molecule has 14 heavy (non-hydrogen) atoms. The Morgan fingerprint density at radius 1 is 0.929 bits per heavy atom. The van der Waals surface area contributed by atoms with Gasteiger partial charge >= 0.3 is 97.6 Å². The van der Waals surface area contributed by atoms with Crippen molar-refractivity contribution in [2.45, 2.75) is 37.6 Å². The Kier molecular flexibility index (Phi) is 5.08. The molecule has 1 heterocycles. The van der Waals surface area contributed by atoms with E-state index in [1.54, 1.807) is 9.95 Å². The Balaban J connectivity index is 2.57. The quantitative estimate of drug-likeness (QED) is 0.534. The first-order chi connectivity index (χ1) is 6.54. The fraction of sp³-hybridized carbons (Fsp3) is 1.00. The predicted octanol–water partition coefficient (Wildman–Crippen LogP) is 2.40. The summed E-state index contributed by atoms with van der Waals surface area (Å²) in [6.45, 7) is 15.5. The van der Waals surface area contributed by atoms with Gasteiger partial charge in [-0.05, 0) is 0 Å². The van der Waals surface area contributed by atoms with Crippen LogP contribution in [-0.2, 0) is 0 Å². The summed E-state index contributed by atoms with van der Waals surface area (Å²) in [6.07, 6.45) is 0. The van der Waals surface area contributed by atoms with Crippen LogP contribution in [0.2, 0.25) is 9.95 Å². The summed E-state index contributed by atoms with van der Waals surface area (Å²) in [5, 5.41) is 0. The van der Waals surface area contributed by atoms with Crippen molar-refractivity contribution in [2.24, 2.45) is 11.8 Å². The third kappa shape index (κ3) is 3.99. The average Bonchev–Trinajstić information content (AvgIpc) is 2.01. The van der Waals surface area contributed by atoms with Gasteiger partial charge in [0.2, 0.25) is 0 Å². The monoisotopic (exact) mass is 254 g/mol. The summed E-state index contributed by atoms with van der Waals surface area (Å²) < 4.78 is 1.46. The van der Waals surface area contributed by atoms with E-state index in [2.05, 4.69) is 27.7 Å². The standard InChI is InChI=1S/C12H26N.Ga.H/c1-7-13(8-2,9-11(3)4)10-12(5)6;;/h11-12H,1-2,7-10H2,3-6H3;;/q+1;;. The van der Waals surface area contributed by atoms with E-state index >= 15 is 0 Å². The second-order valence-corrected chi connectivity index (χ2v) is 10.5. The maximum absolute atomic E-state index is 2.39. The molecule has 0 atom stereocenters. The number of hydrogen-bond donors (Lipinski definition) is 0. The SMILES string of the molecule is CC(C)C[N+]1(CC(C)C)C[CH2][GaH][CH2]C1. The number of rotatable bonds is 4. The van der Waals surface area contributed by atoms with Crippen LogP contribution in [0.4, 0.5) is 0 Å². The molecule has 0 N–H and O–H groups in total.